The highest BCUT2D eigenvalue weighted by molar-refractivity contribution is 5.56. The lowest BCUT2D eigenvalue weighted by Crippen LogP contribution is -2.05. The molecular weight excluding hydrogens is 238 g/mol. The third-order valence-electron chi connectivity index (χ3n) is 2.14. The van der Waals surface area contributed by atoms with Crippen LogP contribution < -0.4 is 0 Å². The summed E-state index contributed by atoms with van der Waals surface area (Å²) in [6.07, 6.45) is -3.22. The number of hydrogen-bond acceptors (Lipinski definition) is 2. The number of benzene rings is 1. The summed E-state index contributed by atoms with van der Waals surface area (Å²) < 4.78 is 51.7. The molecule has 0 aliphatic heterocycles. The topological polar surface area (TPSA) is 30.7 Å². The lowest BCUT2D eigenvalue weighted by molar-refractivity contribution is -0.137. The third-order valence-corrected chi connectivity index (χ3v) is 2.14. The monoisotopic (exact) mass is 245 g/mol. The van der Waals surface area contributed by atoms with Crippen LogP contribution in [0.15, 0.2) is 24.5 Å². The van der Waals surface area contributed by atoms with E-state index in [1.54, 1.807) is 7.05 Å². The van der Waals surface area contributed by atoms with Gasteiger partial charge in [-0.2, -0.15) is 18.3 Å². The molecule has 0 N–H and O–H groups in total. The highest BCUT2D eigenvalue weighted by Gasteiger charge is 2.31. The van der Waals surface area contributed by atoms with Crippen molar-refractivity contribution >= 4 is 0 Å². The number of alkyl halides is 3. The highest BCUT2D eigenvalue weighted by atomic mass is 19.4. The standard InChI is InChI=1S/C10H7F4N3/c1-17-5-15-9(16-17)7-3-2-6(4-8(7)11)10(12,13)14/h2-5H,1H3. The smallest absolute Gasteiger partial charge is 0.255 e. The van der Waals surface area contributed by atoms with Crippen LogP contribution in [0.4, 0.5) is 17.6 Å². The maximum Gasteiger partial charge on any atom is 0.416 e. The summed E-state index contributed by atoms with van der Waals surface area (Å²) >= 11 is 0. The SMILES string of the molecule is Cn1cnc(-c2ccc(C(F)(F)F)cc2F)n1. The van der Waals surface area contributed by atoms with E-state index in [9.17, 15) is 17.6 Å². The van der Waals surface area contributed by atoms with Crippen molar-refractivity contribution in [3.05, 3.63) is 35.9 Å². The number of rotatable bonds is 1. The molecule has 0 fully saturated rings. The van der Waals surface area contributed by atoms with Gasteiger partial charge in [-0.05, 0) is 18.2 Å². The Bertz CT molecular complexity index is 545. The number of hydrogen-bond donors (Lipinski definition) is 0. The Hall–Kier alpha value is -1.92. The molecule has 2 aromatic rings. The van der Waals surface area contributed by atoms with Gasteiger partial charge in [0.15, 0.2) is 5.82 Å². The first-order chi connectivity index (χ1) is 7.88. The van der Waals surface area contributed by atoms with E-state index in [1.165, 1.54) is 11.0 Å². The minimum atomic E-state index is -4.56. The maximum absolute atomic E-state index is 13.5. The van der Waals surface area contributed by atoms with E-state index in [0.717, 1.165) is 12.1 Å². The van der Waals surface area contributed by atoms with Crippen LogP contribution in [-0.4, -0.2) is 14.8 Å². The van der Waals surface area contributed by atoms with Crippen molar-refractivity contribution < 1.29 is 17.6 Å². The molecular formula is C10H7F4N3. The predicted octanol–water partition coefficient (Wildman–Crippen LogP) is 2.64. The fourth-order valence-electron chi connectivity index (χ4n) is 1.34. The van der Waals surface area contributed by atoms with Gasteiger partial charge in [-0.3, -0.25) is 4.68 Å². The van der Waals surface area contributed by atoms with Crippen molar-refractivity contribution in [1.29, 1.82) is 0 Å². The average molecular weight is 245 g/mol. The molecule has 0 spiro atoms. The van der Waals surface area contributed by atoms with Gasteiger partial charge < -0.3 is 0 Å². The molecule has 3 nitrogen and oxygen atoms in total. The minimum absolute atomic E-state index is 0.0544. The predicted molar refractivity (Wildman–Crippen MR) is 51.4 cm³/mol. The van der Waals surface area contributed by atoms with Gasteiger partial charge in [-0.15, -0.1) is 0 Å². The van der Waals surface area contributed by atoms with Gasteiger partial charge in [0.05, 0.1) is 11.1 Å². The number of aromatic nitrogens is 3. The van der Waals surface area contributed by atoms with Crippen LogP contribution in [0.25, 0.3) is 11.4 Å². The maximum atomic E-state index is 13.5. The van der Waals surface area contributed by atoms with E-state index in [2.05, 4.69) is 10.1 Å². The molecule has 0 aliphatic rings. The molecule has 90 valence electrons. The Labute approximate surface area is 93.7 Å². The quantitative estimate of drug-likeness (QED) is 0.723. The number of aryl methyl sites for hydroxylation is 1. The molecule has 0 saturated heterocycles. The second kappa shape index (κ2) is 3.83. The zero-order valence-electron chi connectivity index (χ0n) is 8.66. The summed E-state index contributed by atoms with van der Waals surface area (Å²) in [7, 11) is 1.58. The molecule has 0 radical (unpaired) electrons. The fourth-order valence-corrected chi connectivity index (χ4v) is 1.34. The summed E-state index contributed by atoms with van der Waals surface area (Å²) in [4.78, 5) is 3.77. The number of nitrogens with zero attached hydrogens (tertiary/aromatic N) is 3. The first kappa shape index (κ1) is 11.6. The number of halogens is 4. The van der Waals surface area contributed by atoms with E-state index in [4.69, 9.17) is 0 Å². The van der Waals surface area contributed by atoms with Gasteiger partial charge >= 0.3 is 6.18 Å². The summed E-state index contributed by atoms with van der Waals surface area (Å²) in [6.45, 7) is 0. The summed E-state index contributed by atoms with van der Waals surface area (Å²) in [5.74, 6) is -0.940. The Kier molecular flexibility index (Phi) is 2.60. The molecule has 1 aromatic carbocycles. The van der Waals surface area contributed by atoms with E-state index < -0.39 is 17.6 Å². The normalized spacial score (nSPS) is 11.8. The van der Waals surface area contributed by atoms with Crippen molar-refractivity contribution in [1.82, 2.24) is 14.8 Å². The van der Waals surface area contributed by atoms with Crippen molar-refractivity contribution in [3.63, 3.8) is 0 Å². The second-order valence-corrected chi connectivity index (χ2v) is 3.43. The van der Waals surface area contributed by atoms with Gasteiger partial charge in [0.25, 0.3) is 0 Å². The Morgan fingerprint density at radius 3 is 2.41 bits per heavy atom. The van der Waals surface area contributed by atoms with Gasteiger partial charge in [0.2, 0.25) is 0 Å². The molecule has 1 heterocycles. The molecule has 0 unspecified atom stereocenters. The van der Waals surface area contributed by atoms with Crippen LogP contribution in [0.2, 0.25) is 0 Å². The van der Waals surface area contributed by atoms with Crippen LogP contribution >= 0.6 is 0 Å². The van der Waals surface area contributed by atoms with Crippen molar-refractivity contribution in [2.75, 3.05) is 0 Å². The Morgan fingerprint density at radius 2 is 1.94 bits per heavy atom. The van der Waals surface area contributed by atoms with Crippen LogP contribution in [-0.2, 0) is 13.2 Å². The molecule has 0 atom stereocenters. The molecule has 0 aliphatic carbocycles. The van der Waals surface area contributed by atoms with Crippen LogP contribution in [0, 0.1) is 5.82 Å². The van der Waals surface area contributed by atoms with Gasteiger partial charge in [0.1, 0.15) is 12.1 Å². The minimum Gasteiger partial charge on any atom is -0.255 e. The van der Waals surface area contributed by atoms with E-state index >= 15 is 0 Å². The molecule has 0 amide bonds. The van der Waals surface area contributed by atoms with Crippen molar-refractivity contribution in [2.45, 2.75) is 6.18 Å². The lowest BCUT2D eigenvalue weighted by Gasteiger charge is -2.07. The summed E-state index contributed by atoms with van der Waals surface area (Å²) in [5, 5.41) is 3.82. The Balaban J connectivity index is 2.45. The first-order valence-electron chi connectivity index (χ1n) is 4.60. The molecule has 0 saturated carbocycles. The van der Waals surface area contributed by atoms with Crippen LogP contribution in [0.1, 0.15) is 5.56 Å². The molecule has 17 heavy (non-hydrogen) atoms. The van der Waals surface area contributed by atoms with E-state index in [1.807, 2.05) is 0 Å². The zero-order chi connectivity index (χ0) is 12.6. The first-order valence-corrected chi connectivity index (χ1v) is 4.60. The van der Waals surface area contributed by atoms with Crippen LogP contribution in [0.3, 0.4) is 0 Å². The lowest BCUT2D eigenvalue weighted by atomic mass is 10.1. The second-order valence-electron chi connectivity index (χ2n) is 3.43. The largest absolute Gasteiger partial charge is 0.416 e. The molecule has 2 rings (SSSR count). The Morgan fingerprint density at radius 1 is 1.24 bits per heavy atom. The van der Waals surface area contributed by atoms with Gasteiger partial charge in [-0.25, -0.2) is 9.37 Å². The van der Waals surface area contributed by atoms with Crippen molar-refractivity contribution in [3.8, 4) is 11.4 Å². The highest BCUT2D eigenvalue weighted by Crippen LogP contribution is 2.31. The van der Waals surface area contributed by atoms with E-state index in [0.29, 0.717) is 6.07 Å². The summed E-state index contributed by atoms with van der Waals surface area (Å²) in [5.41, 5.74) is -1.09. The van der Waals surface area contributed by atoms with E-state index in [-0.39, 0.29) is 11.4 Å². The van der Waals surface area contributed by atoms with Crippen molar-refractivity contribution in [2.24, 2.45) is 7.05 Å². The van der Waals surface area contributed by atoms with Crippen LogP contribution in [0.5, 0.6) is 0 Å². The third kappa shape index (κ3) is 2.27. The molecule has 7 heteroatoms. The summed E-state index contributed by atoms with van der Waals surface area (Å²) in [6, 6.07) is 2.26. The molecule has 1 aromatic heterocycles. The zero-order valence-corrected chi connectivity index (χ0v) is 8.66. The molecule has 0 bridgehead atoms. The van der Waals surface area contributed by atoms with Gasteiger partial charge in [0, 0.05) is 7.05 Å². The van der Waals surface area contributed by atoms with Gasteiger partial charge in [-0.1, -0.05) is 0 Å². The average Bonchev–Trinajstić information content (AvgIpc) is 2.63. The fraction of sp³-hybridized carbons (Fsp3) is 0.200.